The molecule has 0 saturated carbocycles. The predicted octanol–water partition coefficient (Wildman–Crippen LogP) is 7.36. The fraction of sp³-hybridized carbons (Fsp3) is 0.129. The number of anilines is 2. The van der Waals surface area contributed by atoms with Gasteiger partial charge in [-0.05, 0) is 53.4 Å². The van der Waals surface area contributed by atoms with Gasteiger partial charge in [-0.3, -0.25) is 9.36 Å². The van der Waals surface area contributed by atoms with Crippen LogP contribution in [0, 0.1) is 0 Å². The van der Waals surface area contributed by atoms with Gasteiger partial charge in [-0.15, -0.1) is 0 Å². The fourth-order valence-electron chi connectivity index (χ4n) is 4.39. The summed E-state index contributed by atoms with van der Waals surface area (Å²) in [6.07, 6.45) is 1.56. The second-order valence-corrected chi connectivity index (χ2v) is 9.43. The quantitative estimate of drug-likeness (QED) is 0.234. The molecular formula is C31H27ClN4O2. The lowest BCUT2D eigenvalue weighted by Gasteiger charge is -2.15. The molecular weight excluding hydrogens is 496 g/mol. The van der Waals surface area contributed by atoms with Crippen molar-refractivity contribution in [1.82, 2.24) is 9.55 Å². The predicted molar refractivity (Wildman–Crippen MR) is 155 cm³/mol. The molecule has 0 radical (unpaired) electrons. The number of aromatic nitrogens is 2. The van der Waals surface area contributed by atoms with Gasteiger partial charge in [-0.1, -0.05) is 85.3 Å². The van der Waals surface area contributed by atoms with E-state index in [1.54, 1.807) is 47.0 Å². The molecule has 0 saturated heterocycles. The first-order valence-corrected chi connectivity index (χ1v) is 12.9. The molecule has 2 N–H and O–H groups in total. The maximum atomic E-state index is 13.7. The Morgan fingerprint density at radius 1 is 0.868 bits per heavy atom. The van der Waals surface area contributed by atoms with E-state index in [4.69, 9.17) is 16.6 Å². The van der Waals surface area contributed by atoms with E-state index in [-0.39, 0.29) is 5.56 Å². The number of halogens is 1. The van der Waals surface area contributed by atoms with Crippen LogP contribution in [0.2, 0.25) is 5.02 Å². The van der Waals surface area contributed by atoms with Crippen molar-refractivity contribution >= 4 is 39.9 Å². The van der Waals surface area contributed by atoms with Gasteiger partial charge >= 0.3 is 6.03 Å². The molecule has 0 aliphatic heterocycles. The highest BCUT2D eigenvalue weighted by Gasteiger charge is 2.13. The second kappa shape index (κ2) is 11.3. The van der Waals surface area contributed by atoms with E-state index < -0.39 is 6.03 Å². The Bertz CT molecular complexity index is 1650. The Kier molecular flexibility index (Phi) is 7.52. The van der Waals surface area contributed by atoms with Gasteiger partial charge in [0.25, 0.3) is 5.56 Å². The van der Waals surface area contributed by atoms with E-state index in [0.29, 0.717) is 40.3 Å². The molecule has 0 spiro atoms. The fourth-order valence-corrected chi connectivity index (χ4v) is 4.57. The van der Waals surface area contributed by atoms with Crippen molar-refractivity contribution < 1.29 is 4.79 Å². The summed E-state index contributed by atoms with van der Waals surface area (Å²) in [5.74, 6) is 0.745. The number of nitrogens with one attached hydrogen (secondary N) is 2. The molecule has 2 amide bonds. The molecule has 38 heavy (non-hydrogen) atoms. The average Bonchev–Trinajstić information content (AvgIpc) is 2.93. The van der Waals surface area contributed by atoms with E-state index in [1.807, 2.05) is 30.3 Å². The minimum Gasteiger partial charge on any atom is -0.308 e. The zero-order chi connectivity index (χ0) is 26.5. The number of carbonyl (C=O) groups excluding carboxylic acids is 1. The maximum absolute atomic E-state index is 13.7. The van der Waals surface area contributed by atoms with Crippen LogP contribution >= 0.6 is 11.6 Å². The van der Waals surface area contributed by atoms with Crippen molar-refractivity contribution in [2.24, 2.45) is 0 Å². The highest BCUT2D eigenvalue weighted by molar-refractivity contribution is 6.33. The van der Waals surface area contributed by atoms with E-state index in [2.05, 4.69) is 41.8 Å². The van der Waals surface area contributed by atoms with Gasteiger partial charge in [0.1, 0.15) is 5.82 Å². The largest absolute Gasteiger partial charge is 0.323 e. The van der Waals surface area contributed by atoms with Crippen molar-refractivity contribution in [3.63, 3.8) is 0 Å². The third kappa shape index (κ3) is 5.61. The first kappa shape index (κ1) is 25.2. The number of para-hydroxylation sites is 1. The number of hydrogen-bond donors (Lipinski definition) is 2. The van der Waals surface area contributed by atoms with Crippen LogP contribution in [0.15, 0.2) is 102 Å². The van der Waals surface area contributed by atoms with Crippen LogP contribution in [0.5, 0.6) is 0 Å². The molecule has 1 heterocycles. The number of fused-ring (bicyclic) bond motifs is 1. The SMILES string of the molecule is CCCc1nc2ccc(NC(=O)Nc3ccccc3Cl)cc2c(=O)n1Cc1ccc(-c2ccccc2)cc1. The summed E-state index contributed by atoms with van der Waals surface area (Å²) in [6, 6.07) is 30.1. The summed E-state index contributed by atoms with van der Waals surface area (Å²) in [5, 5.41) is 6.39. The zero-order valence-corrected chi connectivity index (χ0v) is 21.7. The standard InChI is InChI=1S/C31H27ClN4O2/c1-2-8-29-34-27-18-17-24(33-31(38)35-28-12-7-6-11-26(28)32)19-25(27)30(37)36(29)20-21-13-15-23(16-14-21)22-9-4-3-5-10-22/h3-7,9-19H,2,8,20H2,1H3,(H2,33,35,38). The van der Waals surface area contributed by atoms with E-state index >= 15 is 0 Å². The van der Waals surface area contributed by atoms with Gasteiger partial charge in [-0.25, -0.2) is 9.78 Å². The summed E-state index contributed by atoms with van der Waals surface area (Å²) in [7, 11) is 0. The molecule has 7 heteroatoms. The maximum Gasteiger partial charge on any atom is 0.323 e. The number of hydrogen-bond acceptors (Lipinski definition) is 3. The van der Waals surface area contributed by atoms with Crippen molar-refractivity contribution in [3.05, 3.63) is 124 Å². The Balaban J connectivity index is 1.43. The van der Waals surface area contributed by atoms with Crippen molar-refractivity contribution in [2.45, 2.75) is 26.3 Å². The Labute approximate surface area is 225 Å². The summed E-state index contributed by atoms with van der Waals surface area (Å²) < 4.78 is 1.73. The third-order valence-corrected chi connectivity index (χ3v) is 6.62. The normalized spacial score (nSPS) is 10.9. The van der Waals surface area contributed by atoms with Gasteiger partial charge in [0.05, 0.1) is 28.2 Å². The van der Waals surface area contributed by atoms with Gasteiger partial charge in [-0.2, -0.15) is 0 Å². The summed E-state index contributed by atoms with van der Waals surface area (Å²) in [5.41, 5.74) is 4.74. The molecule has 5 rings (SSSR count). The Morgan fingerprint density at radius 2 is 1.58 bits per heavy atom. The van der Waals surface area contributed by atoms with E-state index in [0.717, 1.165) is 28.9 Å². The van der Waals surface area contributed by atoms with Crippen LogP contribution in [-0.4, -0.2) is 15.6 Å². The van der Waals surface area contributed by atoms with E-state index in [9.17, 15) is 9.59 Å². The molecule has 0 unspecified atom stereocenters. The minimum atomic E-state index is -0.452. The molecule has 1 aromatic heterocycles. The highest BCUT2D eigenvalue weighted by atomic mass is 35.5. The topological polar surface area (TPSA) is 76.0 Å². The van der Waals surface area contributed by atoms with Crippen LogP contribution < -0.4 is 16.2 Å². The molecule has 5 aromatic rings. The molecule has 0 bridgehead atoms. The van der Waals surface area contributed by atoms with Gasteiger partial charge in [0.15, 0.2) is 0 Å². The van der Waals surface area contributed by atoms with Crippen molar-refractivity contribution in [3.8, 4) is 11.1 Å². The second-order valence-electron chi connectivity index (χ2n) is 9.02. The third-order valence-electron chi connectivity index (χ3n) is 6.29. The van der Waals surface area contributed by atoms with Crippen LogP contribution in [-0.2, 0) is 13.0 Å². The summed E-state index contributed by atoms with van der Waals surface area (Å²) in [4.78, 5) is 31.0. The molecule has 0 aliphatic rings. The molecule has 6 nitrogen and oxygen atoms in total. The molecule has 0 aliphatic carbocycles. The number of amides is 2. The number of carbonyl (C=O) groups is 1. The molecule has 4 aromatic carbocycles. The van der Waals surface area contributed by atoms with Crippen LogP contribution in [0.1, 0.15) is 24.7 Å². The summed E-state index contributed by atoms with van der Waals surface area (Å²) >= 11 is 6.14. The van der Waals surface area contributed by atoms with Gasteiger partial charge < -0.3 is 10.6 Å². The van der Waals surface area contributed by atoms with Crippen molar-refractivity contribution in [1.29, 1.82) is 0 Å². The van der Waals surface area contributed by atoms with Crippen molar-refractivity contribution in [2.75, 3.05) is 10.6 Å². The van der Waals surface area contributed by atoms with Crippen LogP contribution in [0.3, 0.4) is 0 Å². The highest BCUT2D eigenvalue weighted by Crippen LogP contribution is 2.22. The lowest BCUT2D eigenvalue weighted by atomic mass is 10.0. The van der Waals surface area contributed by atoms with Gasteiger partial charge in [0, 0.05) is 12.1 Å². The lowest BCUT2D eigenvalue weighted by Crippen LogP contribution is -2.26. The van der Waals surface area contributed by atoms with Crippen LogP contribution in [0.25, 0.3) is 22.0 Å². The molecule has 0 atom stereocenters. The molecule has 0 fully saturated rings. The number of aryl methyl sites for hydroxylation is 1. The van der Waals surface area contributed by atoms with E-state index in [1.165, 1.54) is 0 Å². The molecule has 190 valence electrons. The Hall–Kier alpha value is -4.42. The average molecular weight is 523 g/mol. The summed E-state index contributed by atoms with van der Waals surface area (Å²) in [6.45, 7) is 2.48. The number of urea groups is 1. The Morgan fingerprint density at radius 3 is 2.32 bits per heavy atom. The first-order valence-electron chi connectivity index (χ1n) is 12.5. The number of nitrogens with zero attached hydrogens (tertiary/aromatic N) is 2. The lowest BCUT2D eigenvalue weighted by molar-refractivity contribution is 0.262. The first-order chi connectivity index (χ1) is 18.5. The number of rotatable bonds is 7. The monoisotopic (exact) mass is 522 g/mol. The smallest absolute Gasteiger partial charge is 0.308 e. The van der Waals surface area contributed by atoms with Gasteiger partial charge in [0.2, 0.25) is 0 Å². The van der Waals surface area contributed by atoms with Crippen LogP contribution in [0.4, 0.5) is 16.2 Å². The zero-order valence-electron chi connectivity index (χ0n) is 20.9. The number of benzene rings is 4. The minimum absolute atomic E-state index is 0.138.